The molecule has 2 aliphatic heterocycles. The average molecular weight is 408 g/mol. The van der Waals surface area contributed by atoms with Crippen LogP contribution < -0.4 is 10.2 Å². The van der Waals surface area contributed by atoms with E-state index in [4.69, 9.17) is 0 Å². The van der Waals surface area contributed by atoms with Gasteiger partial charge >= 0.3 is 6.18 Å². The van der Waals surface area contributed by atoms with Gasteiger partial charge in [0.05, 0.1) is 45.0 Å². The number of nitrogens with one attached hydrogen (secondary N) is 2. The van der Waals surface area contributed by atoms with E-state index in [9.17, 15) is 18.0 Å². The molecular formula is C20H25F3N5O+. The number of carbonyl (C=O) groups is 1. The number of likely N-dealkylation sites (N-methyl/N-ethyl adjacent to an activating group) is 1. The van der Waals surface area contributed by atoms with Crippen LogP contribution in [0.1, 0.15) is 41.3 Å². The van der Waals surface area contributed by atoms with Crippen molar-refractivity contribution in [2.75, 3.05) is 38.0 Å². The lowest BCUT2D eigenvalue weighted by Crippen LogP contribution is -3.14. The number of amides is 1. The second kappa shape index (κ2) is 7.70. The van der Waals surface area contributed by atoms with Gasteiger partial charge in [0, 0.05) is 6.42 Å². The van der Waals surface area contributed by atoms with Crippen LogP contribution in [0.2, 0.25) is 0 Å². The van der Waals surface area contributed by atoms with Gasteiger partial charge in [0.1, 0.15) is 11.4 Å². The van der Waals surface area contributed by atoms with Gasteiger partial charge in [-0.3, -0.25) is 4.79 Å². The number of alkyl halides is 3. The van der Waals surface area contributed by atoms with Gasteiger partial charge in [-0.05, 0) is 12.5 Å². The molecule has 0 spiro atoms. The molecule has 2 atom stereocenters. The van der Waals surface area contributed by atoms with E-state index in [1.807, 2.05) is 6.07 Å². The van der Waals surface area contributed by atoms with Crippen LogP contribution in [0.3, 0.4) is 0 Å². The molecule has 9 heteroatoms. The third-order valence-corrected chi connectivity index (χ3v) is 5.93. The molecule has 2 N–H and O–H groups in total. The Bertz CT molecular complexity index is 859. The summed E-state index contributed by atoms with van der Waals surface area (Å²) < 4.78 is 42.2. The number of hydrogen-bond donors (Lipinski definition) is 2. The van der Waals surface area contributed by atoms with Gasteiger partial charge < -0.3 is 15.1 Å². The minimum Gasteiger partial charge on any atom is -0.363 e. The van der Waals surface area contributed by atoms with Crippen LogP contribution in [-0.4, -0.2) is 59.5 Å². The Morgan fingerprint density at radius 3 is 2.55 bits per heavy atom. The lowest BCUT2D eigenvalue weighted by molar-refractivity contribution is -0.902. The summed E-state index contributed by atoms with van der Waals surface area (Å²) in [6.07, 6.45) is -3.35. The summed E-state index contributed by atoms with van der Waals surface area (Å²) in [4.78, 5) is 16.2. The predicted octanol–water partition coefficient (Wildman–Crippen LogP) is 1.90. The van der Waals surface area contributed by atoms with Crippen LogP contribution in [0.5, 0.6) is 0 Å². The third kappa shape index (κ3) is 3.83. The first-order chi connectivity index (χ1) is 13.9. The summed E-state index contributed by atoms with van der Waals surface area (Å²) in [6, 6.07) is 6.70. The summed E-state index contributed by atoms with van der Waals surface area (Å²) in [7, 11) is 0. The van der Waals surface area contributed by atoms with Gasteiger partial charge in [0.15, 0.2) is 6.04 Å². The minimum atomic E-state index is -4.45. The maximum Gasteiger partial charge on any atom is 0.410 e. The van der Waals surface area contributed by atoms with E-state index in [0.29, 0.717) is 13.1 Å². The molecule has 1 saturated heterocycles. The number of nitrogens with zero attached hydrogens (tertiary/aromatic N) is 3. The molecule has 0 saturated carbocycles. The topological polar surface area (TPSA) is 54.6 Å². The smallest absolute Gasteiger partial charge is 0.363 e. The Hall–Kier alpha value is -2.55. The molecule has 6 nitrogen and oxygen atoms in total. The Labute approximate surface area is 167 Å². The molecule has 1 amide bonds. The highest BCUT2D eigenvalue weighted by Crippen LogP contribution is 2.44. The van der Waals surface area contributed by atoms with Gasteiger partial charge in [-0.2, -0.15) is 18.3 Å². The molecule has 0 aliphatic carbocycles. The van der Waals surface area contributed by atoms with Crippen LogP contribution in [0.15, 0.2) is 36.5 Å². The Morgan fingerprint density at radius 1 is 1.24 bits per heavy atom. The number of rotatable bonds is 3. The van der Waals surface area contributed by atoms with Gasteiger partial charge in [-0.15, -0.1) is 0 Å². The van der Waals surface area contributed by atoms with E-state index in [2.05, 4.69) is 17.3 Å². The molecule has 2 aliphatic rings. The average Bonchev–Trinajstić information content (AvgIpc) is 3.16. The van der Waals surface area contributed by atoms with E-state index >= 15 is 0 Å². The van der Waals surface area contributed by atoms with Crippen LogP contribution in [0.4, 0.5) is 19.0 Å². The fourth-order valence-electron chi connectivity index (χ4n) is 4.17. The van der Waals surface area contributed by atoms with Crippen molar-refractivity contribution in [3.8, 4) is 0 Å². The number of halogens is 3. The van der Waals surface area contributed by atoms with Crippen molar-refractivity contribution >= 4 is 11.7 Å². The number of anilines is 1. The summed E-state index contributed by atoms with van der Waals surface area (Å²) in [5.74, 6) is -0.105. The van der Waals surface area contributed by atoms with Crippen molar-refractivity contribution in [3.63, 3.8) is 0 Å². The van der Waals surface area contributed by atoms with Crippen molar-refractivity contribution in [2.24, 2.45) is 0 Å². The SMILES string of the molecule is CC[NH+]1CCN(C(=O)c2cnn3c2N[C@@H](c2ccccc2)C[C@@H]3C(F)(F)F)CC1. The minimum absolute atomic E-state index is 0.155. The maximum atomic E-state index is 13.8. The first kappa shape index (κ1) is 19.8. The highest BCUT2D eigenvalue weighted by Gasteiger charge is 2.47. The molecule has 0 unspecified atom stereocenters. The number of benzene rings is 1. The lowest BCUT2D eigenvalue weighted by atomic mass is 9.96. The fraction of sp³-hybridized carbons (Fsp3) is 0.500. The van der Waals surface area contributed by atoms with Crippen molar-refractivity contribution in [3.05, 3.63) is 47.7 Å². The number of aromatic nitrogens is 2. The summed E-state index contributed by atoms with van der Waals surface area (Å²) in [5.41, 5.74) is 0.965. The zero-order valence-corrected chi connectivity index (χ0v) is 16.2. The maximum absolute atomic E-state index is 13.8. The Balaban J connectivity index is 1.64. The van der Waals surface area contributed by atoms with Gasteiger partial charge in [0.25, 0.3) is 5.91 Å². The fourth-order valence-corrected chi connectivity index (χ4v) is 4.17. The standard InChI is InChI=1S/C20H24F3N5O/c1-2-26-8-10-27(11-9-26)19(29)15-13-24-28-17(20(21,22)23)12-16(25-18(15)28)14-6-4-3-5-7-14/h3-7,13,16-17,25H,2,8-12H2,1H3/p+1/t16-,17-/m1/s1. The van der Waals surface area contributed by atoms with Crippen LogP contribution >= 0.6 is 0 Å². The molecule has 1 fully saturated rings. The molecule has 3 heterocycles. The third-order valence-electron chi connectivity index (χ3n) is 5.93. The van der Waals surface area contributed by atoms with E-state index < -0.39 is 18.3 Å². The zero-order chi connectivity index (χ0) is 20.6. The predicted molar refractivity (Wildman–Crippen MR) is 102 cm³/mol. The van der Waals surface area contributed by atoms with Crippen molar-refractivity contribution in [2.45, 2.75) is 31.6 Å². The highest BCUT2D eigenvalue weighted by molar-refractivity contribution is 5.99. The van der Waals surface area contributed by atoms with Crippen molar-refractivity contribution < 1.29 is 22.9 Å². The molecule has 29 heavy (non-hydrogen) atoms. The molecule has 1 aromatic carbocycles. The second-order valence-electron chi connectivity index (χ2n) is 7.65. The van der Waals surface area contributed by atoms with Crippen LogP contribution in [-0.2, 0) is 0 Å². The molecule has 156 valence electrons. The number of piperazine rings is 1. The van der Waals surface area contributed by atoms with E-state index in [0.717, 1.165) is 29.9 Å². The molecular weight excluding hydrogens is 383 g/mol. The molecule has 4 rings (SSSR count). The van der Waals surface area contributed by atoms with Gasteiger partial charge in [-0.1, -0.05) is 30.3 Å². The summed E-state index contributed by atoms with van der Waals surface area (Å²) >= 11 is 0. The number of hydrogen-bond acceptors (Lipinski definition) is 3. The lowest BCUT2D eigenvalue weighted by Gasteiger charge is -2.35. The molecule has 0 bridgehead atoms. The number of fused-ring (bicyclic) bond motifs is 1. The first-order valence-corrected chi connectivity index (χ1v) is 9.97. The quantitative estimate of drug-likeness (QED) is 0.816. The van der Waals surface area contributed by atoms with E-state index in [1.54, 1.807) is 29.2 Å². The largest absolute Gasteiger partial charge is 0.410 e. The molecule has 1 aromatic heterocycles. The van der Waals surface area contributed by atoms with Crippen molar-refractivity contribution in [1.82, 2.24) is 14.7 Å². The monoisotopic (exact) mass is 408 g/mol. The Kier molecular flexibility index (Phi) is 5.24. The highest BCUT2D eigenvalue weighted by atomic mass is 19.4. The number of carbonyl (C=O) groups excluding carboxylic acids is 1. The molecule has 2 aromatic rings. The Morgan fingerprint density at radius 2 is 1.93 bits per heavy atom. The normalized spacial score (nSPS) is 22.8. The molecule has 0 radical (unpaired) electrons. The van der Waals surface area contributed by atoms with Crippen molar-refractivity contribution in [1.29, 1.82) is 0 Å². The van der Waals surface area contributed by atoms with Crippen LogP contribution in [0.25, 0.3) is 0 Å². The summed E-state index contributed by atoms with van der Waals surface area (Å²) in [6.45, 7) is 5.98. The van der Waals surface area contributed by atoms with Gasteiger partial charge in [-0.25, -0.2) is 4.68 Å². The first-order valence-electron chi connectivity index (χ1n) is 9.97. The zero-order valence-electron chi connectivity index (χ0n) is 16.2. The second-order valence-corrected chi connectivity index (χ2v) is 7.65. The summed E-state index contributed by atoms with van der Waals surface area (Å²) in [5, 5.41) is 7.11. The number of quaternary nitrogens is 1. The van der Waals surface area contributed by atoms with E-state index in [-0.39, 0.29) is 23.7 Å². The van der Waals surface area contributed by atoms with Crippen LogP contribution in [0, 0.1) is 0 Å². The van der Waals surface area contributed by atoms with Gasteiger partial charge in [0.2, 0.25) is 0 Å². The van der Waals surface area contributed by atoms with E-state index in [1.165, 1.54) is 11.1 Å².